The van der Waals surface area contributed by atoms with Crippen LogP contribution in [0.1, 0.15) is 32.4 Å². The molecule has 0 saturated carbocycles. The van der Waals surface area contributed by atoms with E-state index in [0.29, 0.717) is 6.42 Å². The van der Waals surface area contributed by atoms with E-state index >= 15 is 0 Å². The van der Waals surface area contributed by atoms with Gasteiger partial charge in [0.1, 0.15) is 9.84 Å². The van der Waals surface area contributed by atoms with E-state index in [-0.39, 0.29) is 11.5 Å². The van der Waals surface area contributed by atoms with Crippen molar-refractivity contribution >= 4 is 9.84 Å². The van der Waals surface area contributed by atoms with Crippen molar-refractivity contribution in [1.82, 2.24) is 9.88 Å². The van der Waals surface area contributed by atoms with E-state index in [1.807, 2.05) is 12.3 Å². The molecule has 104 valence electrons. The summed E-state index contributed by atoms with van der Waals surface area (Å²) in [5, 5.41) is 3.36. The first-order valence-corrected chi connectivity index (χ1v) is 8.46. The molecule has 0 unspecified atom stereocenters. The Morgan fingerprint density at radius 3 is 2.78 bits per heavy atom. The maximum atomic E-state index is 11.4. The van der Waals surface area contributed by atoms with Gasteiger partial charge in [-0.15, -0.1) is 0 Å². The second-order valence-electron chi connectivity index (χ2n) is 4.46. The summed E-state index contributed by atoms with van der Waals surface area (Å²) in [5.41, 5.74) is 1.22. The number of rotatable bonds is 9. The summed E-state index contributed by atoms with van der Waals surface area (Å²) in [6.07, 6.45) is 3.82. The van der Waals surface area contributed by atoms with E-state index in [1.54, 1.807) is 6.92 Å². The first kappa shape index (κ1) is 15.2. The minimum atomic E-state index is -2.84. The van der Waals surface area contributed by atoms with Crippen LogP contribution in [0.2, 0.25) is 0 Å². The molecule has 1 aromatic heterocycles. The first-order valence-electron chi connectivity index (χ1n) is 6.64. The molecule has 0 fully saturated rings. The van der Waals surface area contributed by atoms with Crippen LogP contribution in [0.3, 0.4) is 0 Å². The zero-order valence-electron chi connectivity index (χ0n) is 11.4. The van der Waals surface area contributed by atoms with Gasteiger partial charge in [0, 0.05) is 30.7 Å². The van der Waals surface area contributed by atoms with Crippen molar-refractivity contribution in [2.75, 3.05) is 18.1 Å². The fourth-order valence-electron chi connectivity index (χ4n) is 1.82. The molecule has 0 aliphatic carbocycles. The van der Waals surface area contributed by atoms with Crippen LogP contribution in [0, 0.1) is 0 Å². The highest BCUT2D eigenvalue weighted by Gasteiger charge is 2.07. The number of nitrogens with zero attached hydrogens (tertiary/aromatic N) is 1. The highest BCUT2D eigenvalue weighted by molar-refractivity contribution is 7.91. The molecule has 18 heavy (non-hydrogen) atoms. The van der Waals surface area contributed by atoms with E-state index in [0.717, 1.165) is 26.1 Å². The molecule has 1 rings (SSSR count). The van der Waals surface area contributed by atoms with Gasteiger partial charge in [-0.1, -0.05) is 13.8 Å². The monoisotopic (exact) mass is 272 g/mol. The van der Waals surface area contributed by atoms with Gasteiger partial charge in [0.2, 0.25) is 0 Å². The molecule has 0 amide bonds. The summed E-state index contributed by atoms with van der Waals surface area (Å²) in [6.45, 7) is 6.47. The van der Waals surface area contributed by atoms with Crippen molar-refractivity contribution in [2.24, 2.45) is 0 Å². The number of hydrogen-bond donors (Lipinski definition) is 1. The standard InChI is InChI=1S/C13H24N2O2S/c1-3-8-14-12-13-7-5-9-15(13)10-6-11-18(16,17)4-2/h5,7,9,14H,3-4,6,8,10-12H2,1-2H3. The molecule has 0 aromatic carbocycles. The van der Waals surface area contributed by atoms with Gasteiger partial charge in [-0.25, -0.2) is 8.42 Å². The van der Waals surface area contributed by atoms with E-state index < -0.39 is 9.84 Å². The number of hydrogen-bond acceptors (Lipinski definition) is 3. The van der Waals surface area contributed by atoms with Crippen LogP contribution in [0.15, 0.2) is 18.3 Å². The lowest BCUT2D eigenvalue weighted by Gasteiger charge is -2.10. The van der Waals surface area contributed by atoms with Gasteiger partial charge in [0.05, 0.1) is 5.75 Å². The van der Waals surface area contributed by atoms with Gasteiger partial charge in [-0.05, 0) is 31.5 Å². The molecule has 1 aromatic rings. The normalized spacial score (nSPS) is 11.9. The van der Waals surface area contributed by atoms with Crippen LogP contribution in [-0.2, 0) is 22.9 Å². The predicted octanol–water partition coefficient (Wildman–Crippen LogP) is 1.81. The third-order valence-corrected chi connectivity index (χ3v) is 4.74. The smallest absolute Gasteiger partial charge is 0.150 e. The Labute approximate surface area is 110 Å². The van der Waals surface area contributed by atoms with Crippen LogP contribution in [-0.4, -0.2) is 31.0 Å². The van der Waals surface area contributed by atoms with Crippen LogP contribution in [0.25, 0.3) is 0 Å². The molecule has 0 saturated heterocycles. The van der Waals surface area contributed by atoms with Gasteiger partial charge in [-0.2, -0.15) is 0 Å². The molecular formula is C13H24N2O2S. The highest BCUT2D eigenvalue weighted by Crippen LogP contribution is 2.05. The molecule has 0 spiro atoms. The summed E-state index contributed by atoms with van der Waals surface area (Å²) in [7, 11) is -2.84. The van der Waals surface area contributed by atoms with Gasteiger partial charge < -0.3 is 9.88 Å². The van der Waals surface area contributed by atoms with Gasteiger partial charge in [0.25, 0.3) is 0 Å². The topological polar surface area (TPSA) is 51.1 Å². The van der Waals surface area contributed by atoms with Gasteiger partial charge in [0.15, 0.2) is 0 Å². The van der Waals surface area contributed by atoms with Crippen molar-refractivity contribution < 1.29 is 8.42 Å². The van der Waals surface area contributed by atoms with Crippen molar-refractivity contribution in [2.45, 2.75) is 39.8 Å². The van der Waals surface area contributed by atoms with E-state index in [9.17, 15) is 8.42 Å². The van der Waals surface area contributed by atoms with Crippen LogP contribution >= 0.6 is 0 Å². The molecule has 0 radical (unpaired) electrons. The van der Waals surface area contributed by atoms with E-state index in [2.05, 4.69) is 22.9 Å². The SMILES string of the molecule is CCCNCc1cccn1CCCS(=O)(=O)CC. The van der Waals surface area contributed by atoms with Crippen molar-refractivity contribution in [3.63, 3.8) is 0 Å². The molecule has 0 atom stereocenters. The minimum absolute atomic E-state index is 0.240. The second-order valence-corrected chi connectivity index (χ2v) is 6.93. The lowest BCUT2D eigenvalue weighted by atomic mass is 10.4. The minimum Gasteiger partial charge on any atom is -0.350 e. The third-order valence-electron chi connectivity index (χ3n) is 2.95. The molecule has 4 nitrogen and oxygen atoms in total. The predicted molar refractivity (Wildman–Crippen MR) is 75.4 cm³/mol. The van der Waals surface area contributed by atoms with Crippen molar-refractivity contribution in [1.29, 1.82) is 0 Å². The number of aromatic nitrogens is 1. The summed E-state index contributed by atoms with van der Waals surface area (Å²) in [6, 6.07) is 4.09. The zero-order chi connectivity index (χ0) is 13.4. The van der Waals surface area contributed by atoms with E-state index in [1.165, 1.54) is 5.69 Å². The summed E-state index contributed by atoms with van der Waals surface area (Å²) >= 11 is 0. The molecule has 5 heteroatoms. The summed E-state index contributed by atoms with van der Waals surface area (Å²) < 4.78 is 24.9. The lowest BCUT2D eigenvalue weighted by molar-refractivity contribution is 0.577. The zero-order valence-corrected chi connectivity index (χ0v) is 12.2. The van der Waals surface area contributed by atoms with Crippen molar-refractivity contribution in [3.05, 3.63) is 24.0 Å². The Kier molecular flexibility index (Phi) is 6.43. The van der Waals surface area contributed by atoms with Gasteiger partial charge in [-0.3, -0.25) is 0 Å². The first-order chi connectivity index (χ1) is 8.59. The Morgan fingerprint density at radius 1 is 1.33 bits per heavy atom. The maximum absolute atomic E-state index is 11.4. The second kappa shape index (κ2) is 7.59. The maximum Gasteiger partial charge on any atom is 0.150 e. The fraction of sp³-hybridized carbons (Fsp3) is 0.692. The molecule has 1 N–H and O–H groups in total. The number of nitrogens with one attached hydrogen (secondary N) is 1. The molecule has 0 aliphatic heterocycles. The Bertz CT molecular complexity index is 438. The van der Waals surface area contributed by atoms with Crippen LogP contribution in [0.5, 0.6) is 0 Å². The largest absolute Gasteiger partial charge is 0.350 e. The number of sulfone groups is 1. The van der Waals surface area contributed by atoms with Gasteiger partial charge >= 0.3 is 0 Å². The summed E-state index contributed by atoms with van der Waals surface area (Å²) in [4.78, 5) is 0. The van der Waals surface area contributed by atoms with Crippen molar-refractivity contribution in [3.8, 4) is 0 Å². The summed E-state index contributed by atoms with van der Waals surface area (Å²) in [5.74, 6) is 0.521. The molecular weight excluding hydrogens is 248 g/mol. The Morgan fingerprint density at radius 2 is 2.11 bits per heavy atom. The van der Waals surface area contributed by atoms with E-state index in [4.69, 9.17) is 0 Å². The third kappa shape index (κ3) is 5.23. The van der Waals surface area contributed by atoms with Crippen LogP contribution < -0.4 is 5.32 Å². The fourth-order valence-corrected chi connectivity index (χ4v) is 2.68. The quantitative estimate of drug-likeness (QED) is 0.698. The highest BCUT2D eigenvalue weighted by atomic mass is 32.2. The lowest BCUT2D eigenvalue weighted by Crippen LogP contribution is -2.17. The van der Waals surface area contributed by atoms with Crippen LogP contribution in [0.4, 0.5) is 0 Å². The Balaban J connectivity index is 2.40. The molecule has 0 aliphatic rings. The number of aryl methyl sites for hydroxylation is 1. The molecule has 0 bridgehead atoms. The Hall–Kier alpha value is -0.810. The molecule has 1 heterocycles. The average Bonchev–Trinajstić information content (AvgIpc) is 2.77. The average molecular weight is 272 g/mol.